The molecule has 0 amide bonds. The Balaban J connectivity index is 0.000000774. The van der Waals surface area contributed by atoms with Gasteiger partial charge in [0.25, 0.3) is 0 Å². The molecule has 2 heterocycles. The average Bonchev–Trinajstić information content (AvgIpc) is 3.97. The molecule has 0 saturated carbocycles. The monoisotopic (exact) mass is 728 g/mol. The number of carbonyl (C=O) groups is 1. The molecule has 0 unspecified atom stereocenters. The molecular weight excluding hydrogens is 676 g/mol. The Bertz CT molecular complexity index is 1640. The Labute approximate surface area is 307 Å². The van der Waals surface area contributed by atoms with Gasteiger partial charge in [-0.05, 0) is 62.3 Å². The van der Waals surface area contributed by atoms with Gasteiger partial charge in [-0.2, -0.15) is 0 Å². The Morgan fingerprint density at radius 3 is 2.18 bits per heavy atom. The van der Waals surface area contributed by atoms with Crippen molar-refractivity contribution in [1.29, 1.82) is 0 Å². The van der Waals surface area contributed by atoms with Gasteiger partial charge >= 0.3 is 0 Å². The molecule has 2 aliphatic carbocycles. The van der Waals surface area contributed by atoms with Crippen molar-refractivity contribution in [1.82, 2.24) is 25.0 Å². The molecule has 0 atom stereocenters. The van der Waals surface area contributed by atoms with E-state index in [0.717, 1.165) is 41.5 Å². The van der Waals surface area contributed by atoms with Gasteiger partial charge in [-0.25, -0.2) is 14.6 Å². The van der Waals surface area contributed by atoms with Crippen molar-refractivity contribution < 1.29 is 40.8 Å². The summed E-state index contributed by atoms with van der Waals surface area (Å²) in [5.74, 6) is 1.84. The van der Waals surface area contributed by atoms with Crippen LogP contribution in [-0.2, 0) is 37.9 Å². The third-order valence-electron chi connectivity index (χ3n) is 7.36. The molecule has 2 aromatic carbocycles. The van der Waals surface area contributed by atoms with Crippen molar-refractivity contribution in [3.05, 3.63) is 72.7 Å². The molecule has 11 nitrogen and oxygen atoms in total. The summed E-state index contributed by atoms with van der Waals surface area (Å²) in [6, 6.07) is 11.5. The van der Waals surface area contributed by atoms with Crippen LogP contribution < -0.4 is 14.8 Å². The van der Waals surface area contributed by atoms with Crippen molar-refractivity contribution in [3.8, 4) is 22.8 Å². The van der Waals surface area contributed by atoms with Crippen LogP contribution in [-0.4, -0.2) is 71.4 Å². The number of Topliss-reactive ketones (excluding diaryl/α,β-unsaturated/α-hetero) is 1. The van der Waals surface area contributed by atoms with Crippen LogP contribution in [0.25, 0.3) is 22.2 Å². The van der Waals surface area contributed by atoms with Gasteiger partial charge in [0.05, 0.1) is 24.9 Å². The van der Waals surface area contributed by atoms with Crippen molar-refractivity contribution in [2.24, 2.45) is 0 Å². The minimum absolute atomic E-state index is 0. The first-order valence-electron chi connectivity index (χ1n) is 17.3. The molecule has 0 fully saturated rings. The van der Waals surface area contributed by atoms with Crippen molar-refractivity contribution in [2.75, 3.05) is 46.0 Å². The van der Waals surface area contributed by atoms with Gasteiger partial charge in [-0.15, -0.1) is 5.10 Å². The van der Waals surface area contributed by atoms with Crippen molar-refractivity contribution >= 4 is 28.2 Å². The van der Waals surface area contributed by atoms with Crippen LogP contribution in [0.5, 0.6) is 11.5 Å². The Morgan fingerprint density at radius 2 is 1.56 bits per heavy atom. The molecular formula is C38H52FeN6O5. The Morgan fingerprint density at radius 1 is 0.860 bits per heavy atom. The number of nitrogens with one attached hydrogen (secondary N) is 1. The molecule has 0 spiro atoms. The number of hydrogen-bond acceptors (Lipinski definition) is 10. The van der Waals surface area contributed by atoms with Crippen LogP contribution in [0.15, 0.2) is 72.7 Å². The predicted octanol–water partition coefficient (Wildman–Crippen LogP) is 8.14. The van der Waals surface area contributed by atoms with Gasteiger partial charge < -0.3 is 24.3 Å². The first-order valence-corrected chi connectivity index (χ1v) is 17.3. The van der Waals surface area contributed by atoms with E-state index in [2.05, 4.69) is 37.7 Å². The zero-order valence-electron chi connectivity index (χ0n) is 30.3. The number of rotatable bonds is 14. The van der Waals surface area contributed by atoms with E-state index in [-0.39, 0.29) is 29.4 Å². The van der Waals surface area contributed by atoms with Gasteiger partial charge in [-0.1, -0.05) is 63.3 Å². The number of allylic oxidation sites excluding steroid dienone is 4. The van der Waals surface area contributed by atoms with Crippen LogP contribution in [0.4, 0.5) is 11.5 Å². The number of hydrogen-bond donors (Lipinski definition) is 1. The minimum atomic E-state index is 0. The second-order valence-electron chi connectivity index (χ2n) is 10.7. The SMILES string of the molecule is C1=CCCC1.CC.CC.COCCOc1cc2ncnc(Nc3cccc(-c4cn(CC(=O)C5=CCCC5)nn4)c3)c2cc1OCCOC.[Fe]. The molecule has 12 heteroatoms. The summed E-state index contributed by atoms with van der Waals surface area (Å²) in [6.45, 7) is 9.82. The van der Waals surface area contributed by atoms with Crippen LogP contribution in [0.1, 0.15) is 66.2 Å². The molecule has 50 heavy (non-hydrogen) atoms. The summed E-state index contributed by atoms with van der Waals surface area (Å²) in [4.78, 5) is 21.4. The number of anilines is 2. The standard InChI is InChI=1S/C29H32N6O5.C5H8.2C2H6.Fe/c1-37-10-12-39-27-15-23-24(16-28(27)40-13-11-38-2)30-19-31-29(23)32-22-9-5-8-21(14-22)25-17-35(34-33-25)18-26(36)20-6-3-4-7-20;1-2-4-5-3-1;2*1-2;/h5-6,8-9,14-17,19H,3-4,7,10-13,18H2,1-2H3,(H,30,31,32);1-2H,3-5H2;2*1-2H3;. The molecule has 272 valence electrons. The molecule has 0 saturated heterocycles. The van der Waals surface area contributed by atoms with E-state index in [9.17, 15) is 4.79 Å². The Hall–Kier alpha value is -4.09. The molecule has 2 aromatic heterocycles. The fraction of sp³-hybridized carbons (Fsp3) is 0.447. The zero-order chi connectivity index (χ0) is 35.3. The number of aromatic nitrogens is 5. The number of ketones is 1. The number of carbonyl (C=O) groups excluding carboxylic acids is 1. The minimum Gasteiger partial charge on any atom is -0.487 e. The average molecular weight is 729 g/mol. The van der Waals surface area contributed by atoms with Gasteiger partial charge in [0.2, 0.25) is 0 Å². The van der Waals surface area contributed by atoms with Gasteiger partial charge in [0, 0.05) is 54.0 Å². The van der Waals surface area contributed by atoms with E-state index in [1.807, 2.05) is 70.2 Å². The maximum atomic E-state index is 12.5. The smallest absolute Gasteiger partial charge is 0.180 e. The van der Waals surface area contributed by atoms with E-state index in [4.69, 9.17) is 18.9 Å². The normalized spacial score (nSPS) is 12.6. The maximum Gasteiger partial charge on any atom is 0.180 e. The summed E-state index contributed by atoms with van der Waals surface area (Å²) in [6.07, 6.45) is 16.7. The molecule has 0 radical (unpaired) electrons. The largest absolute Gasteiger partial charge is 0.487 e. The van der Waals surface area contributed by atoms with E-state index >= 15 is 0 Å². The van der Waals surface area contributed by atoms with Crippen LogP contribution in [0.3, 0.4) is 0 Å². The second-order valence-corrected chi connectivity index (χ2v) is 10.7. The van der Waals surface area contributed by atoms with E-state index in [1.54, 1.807) is 25.1 Å². The maximum absolute atomic E-state index is 12.5. The topological polar surface area (TPSA) is 123 Å². The summed E-state index contributed by atoms with van der Waals surface area (Å²) in [5, 5.41) is 12.6. The van der Waals surface area contributed by atoms with Crippen LogP contribution >= 0.6 is 0 Å². The number of benzene rings is 2. The van der Waals surface area contributed by atoms with Gasteiger partial charge in [0.15, 0.2) is 17.3 Å². The van der Waals surface area contributed by atoms with Gasteiger partial charge in [0.1, 0.15) is 37.6 Å². The molecule has 0 bridgehead atoms. The second kappa shape index (κ2) is 24.1. The number of methoxy groups -OCH3 is 2. The van der Waals surface area contributed by atoms with Crippen LogP contribution in [0, 0.1) is 0 Å². The van der Waals surface area contributed by atoms with E-state index in [0.29, 0.717) is 55.0 Å². The number of fused-ring (bicyclic) bond motifs is 1. The quantitative estimate of drug-likeness (QED) is 0.0774. The Kier molecular flexibility index (Phi) is 20.3. The summed E-state index contributed by atoms with van der Waals surface area (Å²) < 4.78 is 23.7. The van der Waals surface area contributed by atoms with Gasteiger partial charge in [-0.3, -0.25) is 4.79 Å². The number of ether oxygens (including phenoxy) is 4. The molecule has 0 aliphatic heterocycles. The molecule has 4 aromatic rings. The number of nitrogens with zero attached hydrogens (tertiary/aromatic N) is 5. The molecule has 6 rings (SSSR count). The third-order valence-corrected chi connectivity index (χ3v) is 7.36. The molecule has 2 aliphatic rings. The summed E-state index contributed by atoms with van der Waals surface area (Å²) >= 11 is 0. The van der Waals surface area contributed by atoms with E-state index < -0.39 is 0 Å². The zero-order valence-corrected chi connectivity index (χ0v) is 31.4. The van der Waals surface area contributed by atoms with Crippen LogP contribution in [0.2, 0.25) is 0 Å². The fourth-order valence-electron chi connectivity index (χ4n) is 5.02. The first-order chi connectivity index (χ1) is 24.1. The van der Waals surface area contributed by atoms with Crippen molar-refractivity contribution in [3.63, 3.8) is 0 Å². The summed E-state index contributed by atoms with van der Waals surface area (Å²) in [5.41, 5.74) is 3.93. The third kappa shape index (κ3) is 13.0. The predicted molar refractivity (Wildman–Crippen MR) is 196 cm³/mol. The fourth-order valence-corrected chi connectivity index (χ4v) is 5.02. The van der Waals surface area contributed by atoms with Crippen molar-refractivity contribution in [2.45, 2.75) is 72.8 Å². The summed E-state index contributed by atoms with van der Waals surface area (Å²) in [7, 11) is 3.25. The first kappa shape index (κ1) is 42.1. The molecule has 1 N–H and O–H groups in total. The van der Waals surface area contributed by atoms with E-state index in [1.165, 1.54) is 25.6 Å².